The maximum absolute atomic E-state index is 5.87. The lowest BCUT2D eigenvalue weighted by Gasteiger charge is -2.26. The second kappa shape index (κ2) is 19.3. The van der Waals surface area contributed by atoms with Crippen molar-refractivity contribution >= 4 is 45.9 Å². The van der Waals surface area contributed by atoms with Gasteiger partial charge >= 0.3 is 0 Å². The third-order valence-corrected chi connectivity index (χ3v) is 15.9. The molecule has 78 heavy (non-hydrogen) atoms. The van der Waals surface area contributed by atoms with E-state index in [0.717, 1.165) is 100 Å². The van der Waals surface area contributed by atoms with Gasteiger partial charge in [-0.2, -0.15) is 0 Å². The largest absolute Gasteiger partial charge is 0.354 e. The van der Waals surface area contributed by atoms with Gasteiger partial charge in [-0.25, -0.2) is 9.97 Å². The Morgan fingerprint density at radius 2 is 0.641 bits per heavy atom. The van der Waals surface area contributed by atoms with Gasteiger partial charge < -0.3 is 9.97 Å². The summed E-state index contributed by atoms with van der Waals surface area (Å²) in [5, 5.41) is 0. The molecule has 0 atom stereocenters. The normalized spacial score (nSPS) is 13.5. The number of hydrogen-bond acceptors (Lipinski definition) is 2. The summed E-state index contributed by atoms with van der Waals surface area (Å²) in [5.74, 6) is 0. The van der Waals surface area contributed by atoms with Crippen LogP contribution >= 0.6 is 0 Å². The van der Waals surface area contributed by atoms with E-state index in [1.807, 2.05) is 0 Å². The molecule has 2 aliphatic heterocycles. The fraction of sp³-hybridized carbons (Fsp3) is 0.324. The molecule has 0 spiro atoms. The maximum atomic E-state index is 5.87. The first kappa shape index (κ1) is 54.1. The van der Waals surface area contributed by atoms with Crippen LogP contribution in [-0.4, -0.2) is 19.9 Å². The Morgan fingerprint density at radius 3 is 1.03 bits per heavy atom. The van der Waals surface area contributed by atoms with E-state index in [1.54, 1.807) is 0 Å². The number of aromatic amines is 2. The van der Waals surface area contributed by atoms with E-state index >= 15 is 0 Å². The van der Waals surface area contributed by atoms with Crippen LogP contribution in [0.5, 0.6) is 0 Å². The monoisotopic (exact) mass is 1030 g/mol. The minimum atomic E-state index is -0.107. The Morgan fingerprint density at radius 1 is 0.295 bits per heavy atom. The first-order valence-electron chi connectivity index (χ1n) is 28.2. The molecule has 5 heterocycles. The van der Waals surface area contributed by atoms with Crippen LogP contribution in [0.25, 0.3) is 90.4 Å². The summed E-state index contributed by atoms with van der Waals surface area (Å²) in [6.07, 6.45) is 6.82. The van der Waals surface area contributed by atoms with Crippen LogP contribution in [0.15, 0.2) is 140 Å². The van der Waals surface area contributed by atoms with E-state index in [4.69, 9.17) is 9.97 Å². The van der Waals surface area contributed by atoms with Gasteiger partial charge in [0.05, 0.1) is 22.8 Å². The summed E-state index contributed by atoms with van der Waals surface area (Å²) in [5.41, 5.74) is 25.6. The van der Waals surface area contributed by atoms with Gasteiger partial charge in [-0.3, -0.25) is 0 Å². The molecule has 0 saturated carbocycles. The molecule has 0 radical (unpaired) electrons. The Kier molecular flexibility index (Phi) is 13.3. The zero-order valence-electron chi connectivity index (χ0n) is 49.9. The van der Waals surface area contributed by atoms with E-state index in [9.17, 15) is 0 Å². The zero-order chi connectivity index (χ0) is 56.1. The standard InChI is InChI=1S/C74H82N4/c1-69(2,3)50-33-47(34-51(39-50)70(4,5)6)66-58-29-31-60(75-58)67(48-35-52(71(7,8)9)40-53(36-48)72(10,11)12)64-42-56(45-25-21-19-22-26-45)62(77-64)44-63-57(46-27-23-20-24-28-46)43-65(78-63)68(61-32-30-59(66)76-61)49-37-54(73(13,14)15)41-55(38-49)74(16,17)18/h19-44,75,78H,1-18H3. The fourth-order valence-electron chi connectivity index (χ4n) is 10.8. The van der Waals surface area contributed by atoms with Crippen molar-refractivity contribution in [3.63, 3.8) is 0 Å². The first-order valence-corrected chi connectivity index (χ1v) is 28.2. The molecule has 0 amide bonds. The van der Waals surface area contributed by atoms with Crippen LogP contribution in [0, 0.1) is 0 Å². The number of fused-ring (bicyclic) bond motifs is 8. The van der Waals surface area contributed by atoms with Crippen LogP contribution in [0.1, 0.15) is 186 Å². The molecule has 2 aliphatic rings. The lowest BCUT2D eigenvalue weighted by Crippen LogP contribution is -2.16. The number of H-pyrrole nitrogens is 2. The summed E-state index contributed by atoms with van der Waals surface area (Å²) in [6.45, 7) is 41.7. The van der Waals surface area contributed by atoms with Crippen LogP contribution in [-0.2, 0) is 32.5 Å². The quantitative estimate of drug-likeness (QED) is 0.180. The molecular weight excluding hydrogens is 945 g/mol. The molecule has 3 aromatic heterocycles. The minimum absolute atomic E-state index is 0.105. The number of nitrogens with one attached hydrogen (secondary N) is 2. The zero-order valence-corrected chi connectivity index (χ0v) is 49.9. The number of rotatable bonds is 5. The number of aromatic nitrogens is 4. The minimum Gasteiger partial charge on any atom is -0.354 e. The number of benzene rings is 5. The van der Waals surface area contributed by atoms with Crippen molar-refractivity contribution in [2.24, 2.45) is 0 Å². The van der Waals surface area contributed by atoms with E-state index < -0.39 is 0 Å². The van der Waals surface area contributed by atoms with Gasteiger partial charge in [-0.15, -0.1) is 0 Å². The average molecular weight is 1030 g/mol. The van der Waals surface area contributed by atoms with Crippen molar-refractivity contribution < 1.29 is 0 Å². The molecule has 8 aromatic rings. The SMILES string of the molecule is CC(C)(C)c1cc(-c2c3nc(c(-c4cc(C(C)(C)C)cc(C(C)(C)C)c4)c4ccc([nH]4)c(-c4cc(C(C)(C)C)cc(C(C)(C)C)c4)c4nc(cc5[nH]c2cc5-c2ccccc2)C(c2ccccc2)=C4)C=C3)cc(C(C)(C)C)c1. The molecule has 5 aromatic carbocycles. The van der Waals surface area contributed by atoms with Crippen LogP contribution in [0.2, 0.25) is 0 Å². The van der Waals surface area contributed by atoms with Crippen molar-refractivity contribution in [1.82, 2.24) is 19.9 Å². The lowest BCUT2D eigenvalue weighted by atomic mass is 9.78. The second-order valence-electron chi connectivity index (χ2n) is 28.4. The molecule has 0 fully saturated rings. The molecular formula is C74H82N4. The molecule has 4 heteroatoms. The Bertz CT molecular complexity index is 3770. The molecule has 4 nitrogen and oxygen atoms in total. The van der Waals surface area contributed by atoms with E-state index in [2.05, 4.69) is 292 Å². The highest BCUT2D eigenvalue weighted by atomic mass is 14.8. The van der Waals surface area contributed by atoms with Crippen LogP contribution in [0.4, 0.5) is 0 Å². The predicted molar refractivity (Wildman–Crippen MR) is 337 cm³/mol. The molecule has 0 aliphatic carbocycles. The van der Waals surface area contributed by atoms with Crippen molar-refractivity contribution in [2.75, 3.05) is 0 Å². The van der Waals surface area contributed by atoms with Crippen molar-refractivity contribution in [3.05, 3.63) is 201 Å². The van der Waals surface area contributed by atoms with Gasteiger partial charge in [0.25, 0.3) is 0 Å². The molecule has 0 unspecified atom stereocenters. The third-order valence-electron chi connectivity index (χ3n) is 15.9. The highest BCUT2D eigenvalue weighted by molar-refractivity contribution is 6.02. The van der Waals surface area contributed by atoms with Gasteiger partial charge in [0, 0.05) is 49.9 Å². The Hall–Kier alpha value is -7.30. The summed E-state index contributed by atoms with van der Waals surface area (Å²) in [7, 11) is 0. The summed E-state index contributed by atoms with van der Waals surface area (Å²) < 4.78 is 0. The highest BCUT2D eigenvalue weighted by Crippen LogP contribution is 2.45. The fourth-order valence-corrected chi connectivity index (χ4v) is 10.8. The van der Waals surface area contributed by atoms with Gasteiger partial charge in [-0.1, -0.05) is 240 Å². The third kappa shape index (κ3) is 10.8. The van der Waals surface area contributed by atoms with Gasteiger partial charge in [0.15, 0.2) is 0 Å². The molecule has 8 bridgehead atoms. The smallest absolute Gasteiger partial charge is 0.0743 e. The second-order valence-corrected chi connectivity index (χ2v) is 28.4. The summed E-state index contributed by atoms with van der Waals surface area (Å²) in [4.78, 5) is 19.9. The van der Waals surface area contributed by atoms with Crippen molar-refractivity contribution in [3.8, 4) is 44.5 Å². The maximum Gasteiger partial charge on any atom is 0.0743 e. The molecule has 2 N–H and O–H groups in total. The molecule has 398 valence electrons. The van der Waals surface area contributed by atoms with Gasteiger partial charge in [0.2, 0.25) is 0 Å². The molecule has 10 rings (SSSR count). The van der Waals surface area contributed by atoms with Crippen LogP contribution in [0.3, 0.4) is 0 Å². The Labute approximate surface area is 466 Å². The van der Waals surface area contributed by atoms with Crippen molar-refractivity contribution in [1.29, 1.82) is 0 Å². The van der Waals surface area contributed by atoms with E-state index in [0.29, 0.717) is 0 Å². The summed E-state index contributed by atoms with van der Waals surface area (Å²) in [6, 6.07) is 52.4. The average Bonchev–Trinajstić information content (AvgIpc) is 4.30. The molecule has 0 saturated heterocycles. The van der Waals surface area contributed by atoms with Gasteiger partial charge in [0.1, 0.15) is 0 Å². The predicted octanol–water partition coefficient (Wildman–Crippen LogP) is 20.5. The number of nitrogens with zero attached hydrogens (tertiary/aromatic N) is 2. The summed E-state index contributed by atoms with van der Waals surface area (Å²) >= 11 is 0. The first-order chi connectivity index (χ1) is 36.4. The van der Waals surface area contributed by atoms with Crippen molar-refractivity contribution in [2.45, 2.75) is 157 Å². The van der Waals surface area contributed by atoms with E-state index in [1.165, 1.54) is 33.4 Å². The lowest BCUT2D eigenvalue weighted by molar-refractivity contribution is 0.568. The van der Waals surface area contributed by atoms with Gasteiger partial charge in [-0.05, 0) is 136 Å². The van der Waals surface area contributed by atoms with Crippen LogP contribution < -0.4 is 0 Å². The topological polar surface area (TPSA) is 57.4 Å². The van der Waals surface area contributed by atoms with E-state index in [-0.39, 0.29) is 32.5 Å². The number of hydrogen-bond donors (Lipinski definition) is 2. The Balaban J connectivity index is 1.47. The highest BCUT2D eigenvalue weighted by Gasteiger charge is 2.28.